The third-order valence-electron chi connectivity index (χ3n) is 3.15. The number of carbonyl (C=O) groups is 1. The first kappa shape index (κ1) is 16.2. The van der Waals surface area contributed by atoms with Gasteiger partial charge in [0.2, 0.25) is 0 Å². The Bertz CT molecular complexity index is 1100. The van der Waals surface area contributed by atoms with Crippen molar-refractivity contribution >= 4 is 37.9 Å². The molecule has 0 aliphatic rings. The molecule has 0 saturated carbocycles. The Kier molecular flexibility index (Phi) is 4.13. The van der Waals surface area contributed by atoms with Crippen molar-refractivity contribution in [2.45, 2.75) is 4.90 Å². The molecule has 1 heterocycles. The van der Waals surface area contributed by atoms with Crippen LogP contribution in [0.25, 0.3) is 11.0 Å². The van der Waals surface area contributed by atoms with Crippen molar-refractivity contribution in [3.63, 3.8) is 0 Å². The fourth-order valence-corrected chi connectivity index (χ4v) is 3.13. The quantitative estimate of drug-likeness (QED) is 0.401. The van der Waals surface area contributed by atoms with Crippen LogP contribution in [0.3, 0.4) is 0 Å². The van der Waals surface area contributed by atoms with Gasteiger partial charge >= 0.3 is 15.7 Å². The summed E-state index contributed by atoms with van der Waals surface area (Å²) in [5, 5.41) is -0.159. The molecule has 122 valence electrons. The molecule has 2 aromatic carbocycles. The molecule has 0 atom stereocenters. The zero-order valence-electron chi connectivity index (χ0n) is 11.9. The molecule has 0 fully saturated rings. The lowest BCUT2D eigenvalue weighted by Gasteiger charge is -2.08. The molecule has 0 aliphatic carbocycles. The van der Waals surface area contributed by atoms with Gasteiger partial charge in [-0.3, -0.25) is 4.79 Å². The fourth-order valence-electron chi connectivity index (χ4n) is 2.04. The molecule has 3 aromatic rings. The Morgan fingerprint density at radius 1 is 1.04 bits per heavy atom. The number of halogens is 1. The van der Waals surface area contributed by atoms with E-state index in [0.717, 1.165) is 6.07 Å². The van der Waals surface area contributed by atoms with Crippen LogP contribution in [-0.4, -0.2) is 13.7 Å². The van der Waals surface area contributed by atoms with Gasteiger partial charge in [0.05, 0.1) is 0 Å². The van der Waals surface area contributed by atoms with Crippen molar-refractivity contribution in [1.29, 1.82) is 0 Å². The Labute approximate surface area is 141 Å². The van der Waals surface area contributed by atoms with Gasteiger partial charge in [-0.05, 0) is 41.9 Å². The number of carbonyl (C=O) groups excluding carboxylic acids is 1. The maximum Gasteiger partial charge on any atom is 0.339 e. The number of rotatable bonds is 4. The van der Waals surface area contributed by atoms with E-state index in [1.807, 2.05) is 0 Å². The lowest BCUT2D eigenvalue weighted by molar-refractivity contribution is 0.108. The summed E-state index contributed by atoms with van der Waals surface area (Å²) in [5.41, 5.74) is -0.332. The van der Waals surface area contributed by atoms with E-state index in [1.54, 1.807) is 12.1 Å². The molecule has 0 spiro atoms. The third kappa shape index (κ3) is 3.32. The minimum atomic E-state index is -4.18. The van der Waals surface area contributed by atoms with Crippen molar-refractivity contribution < 1.29 is 21.8 Å². The van der Waals surface area contributed by atoms with Crippen molar-refractivity contribution in [2.24, 2.45) is 0 Å². The molecule has 0 N–H and O–H groups in total. The maximum atomic E-state index is 12.3. The summed E-state index contributed by atoms with van der Waals surface area (Å²) in [6, 6.07) is 12.3. The zero-order valence-corrected chi connectivity index (χ0v) is 13.5. The summed E-state index contributed by atoms with van der Waals surface area (Å²) >= 11 is 5.35. The second-order valence-corrected chi connectivity index (χ2v) is 6.68. The average Bonchev–Trinajstić information content (AvgIpc) is 2.54. The van der Waals surface area contributed by atoms with E-state index < -0.39 is 21.0 Å². The van der Waals surface area contributed by atoms with Crippen LogP contribution in [0.15, 0.2) is 68.7 Å². The maximum absolute atomic E-state index is 12.3. The van der Waals surface area contributed by atoms with Gasteiger partial charge in [0.15, 0.2) is 0 Å². The summed E-state index contributed by atoms with van der Waals surface area (Å²) in [5.74, 6) is -0.0283. The van der Waals surface area contributed by atoms with Crippen LogP contribution in [0.2, 0.25) is 0 Å². The van der Waals surface area contributed by atoms with Crippen LogP contribution in [0.5, 0.6) is 5.75 Å². The third-order valence-corrected chi connectivity index (χ3v) is 4.61. The lowest BCUT2D eigenvalue weighted by atomic mass is 10.2. The van der Waals surface area contributed by atoms with Crippen LogP contribution >= 0.6 is 11.6 Å². The van der Waals surface area contributed by atoms with E-state index in [1.165, 1.54) is 36.4 Å². The first-order chi connectivity index (χ1) is 11.3. The van der Waals surface area contributed by atoms with Gasteiger partial charge in [0.25, 0.3) is 5.24 Å². The van der Waals surface area contributed by atoms with E-state index in [4.69, 9.17) is 20.2 Å². The minimum Gasteiger partial charge on any atom is -0.423 e. The first-order valence-corrected chi connectivity index (χ1v) is 8.42. The summed E-state index contributed by atoms with van der Waals surface area (Å²) < 4.78 is 34.6. The Balaban J connectivity index is 1.98. The van der Waals surface area contributed by atoms with Gasteiger partial charge in [-0.1, -0.05) is 12.1 Å². The minimum absolute atomic E-state index is 0.0283. The van der Waals surface area contributed by atoms with Crippen LogP contribution in [0, 0.1) is 0 Å². The largest absolute Gasteiger partial charge is 0.423 e. The molecule has 0 radical (unpaired) electrons. The van der Waals surface area contributed by atoms with Gasteiger partial charge in [-0.15, -0.1) is 0 Å². The lowest BCUT2D eigenvalue weighted by Crippen LogP contribution is -2.10. The highest BCUT2D eigenvalue weighted by molar-refractivity contribution is 7.87. The van der Waals surface area contributed by atoms with Crippen molar-refractivity contribution in [3.05, 3.63) is 70.6 Å². The van der Waals surface area contributed by atoms with Gasteiger partial charge in [-0.25, -0.2) is 4.79 Å². The fraction of sp³-hybridized carbons (Fsp3) is 0. The topological polar surface area (TPSA) is 90.6 Å². The van der Waals surface area contributed by atoms with E-state index in [9.17, 15) is 18.0 Å². The van der Waals surface area contributed by atoms with E-state index in [0.29, 0.717) is 5.39 Å². The van der Waals surface area contributed by atoms with E-state index in [2.05, 4.69) is 0 Å². The van der Waals surface area contributed by atoms with Crippen molar-refractivity contribution in [2.75, 3.05) is 0 Å². The molecular formula is C16H9ClO6S. The van der Waals surface area contributed by atoms with Gasteiger partial charge in [0.1, 0.15) is 16.2 Å². The van der Waals surface area contributed by atoms with Gasteiger partial charge < -0.3 is 8.60 Å². The number of fused-ring (bicyclic) bond motifs is 1. The van der Waals surface area contributed by atoms with Crippen LogP contribution in [0.1, 0.15) is 10.4 Å². The molecular weight excluding hydrogens is 356 g/mol. The zero-order chi connectivity index (χ0) is 17.3. The second-order valence-electron chi connectivity index (χ2n) is 4.79. The van der Waals surface area contributed by atoms with Crippen LogP contribution in [-0.2, 0) is 10.1 Å². The predicted octanol–water partition coefficient (Wildman–Crippen LogP) is 2.94. The standard InChI is InChI=1S/C16H9ClO6S/c17-16(19)11-2-1-3-13(8-11)24(20,21)23-12-6-4-10-5-7-15(18)22-14(10)9-12/h1-9H. The highest BCUT2D eigenvalue weighted by atomic mass is 35.5. The smallest absolute Gasteiger partial charge is 0.339 e. The first-order valence-electron chi connectivity index (χ1n) is 6.63. The highest BCUT2D eigenvalue weighted by Crippen LogP contribution is 2.23. The molecule has 8 heteroatoms. The van der Waals surface area contributed by atoms with E-state index in [-0.39, 0.29) is 21.8 Å². The van der Waals surface area contributed by atoms with E-state index >= 15 is 0 Å². The molecule has 0 bridgehead atoms. The molecule has 0 amide bonds. The Hall–Kier alpha value is -2.64. The van der Waals surface area contributed by atoms with Crippen molar-refractivity contribution in [3.8, 4) is 5.75 Å². The Morgan fingerprint density at radius 3 is 2.54 bits per heavy atom. The second kappa shape index (κ2) is 6.10. The average molecular weight is 365 g/mol. The summed E-state index contributed by atoms with van der Waals surface area (Å²) in [6.45, 7) is 0. The molecule has 3 rings (SSSR count). The molecule has 0 aliphatic heterocycles. The summed E-state index contributed by atoms with van der Waals surface area (Å²) in [4.78, 5) is 22.2. The predicted molar refractivity (Wildman–Crippen MR) is 86.9 cm³/mol. The molecule has 6 nitrogen and oxygen atoms in total. The van der Waals surface area contributed by atoms with Crippen LogP contribution in [0.4, 0.5) is 0 Å². The van der Waals surface area contributed by atoms with Crippen LogP contribution < -0.4 is 9.81 Å². The van der Waals surface area contributed by atoms with Gasteiger partial charge in [-0.2, -0.15) is 8.42 Å². The normalized spacial score (nSPS) is 11.4. The summed E-state index contributed by atoms with van der Waals surface area (Å²) in [7, 11) is -4.18. The molecule has 1 aromatic heterocycles. The molecule has 0 unspecified atom stereocenters. The monoisotopic (exact) mass is 364 g/mol. The van der Waals surface area contributed by atoms with Gasteiger partial charge in [0, 0.05) is 23.1 Å². The number of hydrogen-bond acceptors (Lipinski definition) is 6. The number of hydrogen-bond donors (Lipinski definition) is 0. The SMILES string of the molecule is O=C(Cl)c1cccc(S(=O)(=O)Oc2ccc3ccc(=O)oc3c2)c1. The summed E-state index contributed by atoms with van der Waals surface area (Å²) in [6.07, 6.45) is 0. The molecule has 0 saturated heterocycles. The number of benzene rings is 2. The molecule has 24 heavy (non-hydrogen) atoms. The van der Waals surface area contributed by atoms with Crippen molar-refractivity contribution in [1.82, 2.24) is 0 Å². The highest BCUT2D eigenvalue weighted by Gasteiger charge is 2.18. The Morgan fingerprint density at radius 2 is 1.79 bits per heavy atom.